The van der Waals surface area contributed by atoms with Gasteiger partial charge in [-0.2, -0.15) is 0 Å². The first-order chi connectivity index (χ1) is 9.24. The molecule has 0 fully saturated rings. The van der Waals surface area contributed by atoms with Crippen LogP contribution in [0.4, 0.5) is 0 Å². The third-order valence-electron chi connectivity index (χ3n) is 3.19. The van der Waals surface area contributed by atoms with Crippen LogP contribution in [0.1, 0.15) is 52.6 Å². The number of carbonyl (C=O) groups is 1. The van der Waals surface area contributed by atoms with Crippen LogP contribution in [0.15, 0.2) is 24.3 Å². The molecule has 0 saturated carbocycles. The maximum absolute atomic E-state index is 12.1. The number of benzene rings is 1. The Morgan fingerprint density at radius 2 is 1.95 bits per heavy atom. The molecule has 0 heterocycles. The highest BCUT2D eigenvalue weighted by Gasteiger charge is 2.28. The van der Waals surface area contributed by atoms with Crippen molar-refractivity contribution in [3.63, 3.8) is 0 Å². The van der Waals surface area contributed by atoms with E-state index in [-0.39, 0.29) is 17.4 Å². The first-order valence-corrected chi connectivity index (χ1v) is 7.17. The van der Waals surface area contributed by atoms with Gasteiger partial charge >= 0.3 is 0 Å². The third kappa shape index (κ3) is 4.87. The van der Waals surface area contributed by atoms with E-state index < -0.39 is 0 Å². The molecule has 0 aliphatic carbocycles. The second-order valence-corrected chi connectivity index (χ2v) is 6.74. The van der Waals surface area contributed by atoms with Crippen molar-refractivity contribution in [2.75, 3.05) is 7.11 Å². The minimum absolute atomic E-state index is 0.0242. The SMILES string of the molecule is COc1cccc([C@H](NC(=O)CC(C)C)C(C)(C)C)c1. The van der Waals surface area contributed by atoms with E-state index in [9.17, 15) is 4.79 Å². The largest absolute Gasteiger partial charge is 0.497 e. The Hall–Kier alpha value is -1.51. The highest BCUT2D eigenvalue weighted by molar-refractivity contribution is 5.76. The number of methoxy groups -OCH3 is 1. The van der Waals surface area contributed by atoms with Gasteiger partial charge in [0.25, 0.3) is 0 Å². The Balaban J connectivity index is 2.98. The molecule has 1 rings (SSSR count). The quantitative estimate of drug-likeness (QED) is 0.885. The van der Waals surface area contributed by atoms with Crippen molar-refractivity contribution in [1.29, 1.82) is 0 Å². The molecule has 1 aromatic carbocycles. The topological polar surface area (TPSA) is 38.3 Å². The van der Waals surface area contributed by atoms with Gasteiger partial charge in [-0.05, 0) is 29.0 Å². The molecule has 0 aliphatic rings. The van der Waals surface area contributed by atoms with E-state index >= 15 is 0 Å². The molecule has 3 nitrogen and oxygen atoms in total. The van der Waals surface area contributed by atoms with Gasteiger partial charge in [-0.1, -0.05) is 46.8 Å². The van der Waals surface area contributed by atoms with Gasteiger partial charge in [-0.3, -0.25) is 4.79 Å². The zero-order chi connectivity index (χ0) is 15.3. The van der Waals surface area contributed by atoms with Crippen molar-refractivity contribution in [2.45, 2.75) is 47.1 Å². The molecule has 20 heavy (non-hydrogen) atoms. The number of hydrogen-bond donors (Lipinski definition) is 1. The molecule has 1 atom stereocenters. The molecule has 0 saturated heterocycles. The standard InChI is InChI=1S/C17H27NO2/c1-12(2)10-15(19)18-16(17(3,4)5)13-8-7-9-14(11-13)20-6/h7-9,11-12,16H,10H2,1-6H3,(H,18,19)/t16-/m0/s1. The number of hydrogen-bond acceptors (Lipinski definition) is 2. The Bertz CT molecular complexity index is 447. The first kappa shape index (κ1) is 16.5. The summed E-state index contributed by atoms with van der Waals surface area (Å²) in [6.45, 7) is 10.5. The summed E-state index contributed by atoms with van der Waals surface area (Å²) in [6, 6.07) is 7.88. The molecule has 0 aliphatic heterocycles. The van der Waals surface area contributed by atoms with Gasteiger partial charge < -0.3 is 10.1 Å². The molecule has 1 amide bonds. The van der Waals surface area contributed by atoms with Gasteiger partial charge in [0.2, 0.25) is 5.91 Å². The molecule has 0 aromatic heterocycles. The van der Waals surface area contributed by atoms with E-state index in [2.05, 4.69) is 39.9 Å². The van der Waals surface area contributed by atoms with Gasteiger partial charge in [0.1, 0.15) is 5.75 Å². The monoisotopic (exact) mass is 277 g/mol. The van der Waals surface area contributed by atoms with Gasteiger partial charge in [0.05, 0.1) is 13.2 Å². The number of rotatable bonds is 5. The predicted molar refractivity (Wildman–Crippen MR) is 82.8 cm³/mol. The lowest BCUT2D eigenvalue weighted by molar-refractivity contribution is -0.123. The summed E-state index contributed by atoms with van der Waals surface area (Å²) < 4.78 is 5.27. The van der Waals surface area contributed by atoms with E-state index in [0.29, 0.717) is 12.3 Å². The highest BCUT2D eigenvalue weighted by atomic mass is 16.5. The molecule has 3 heteroatoms. The zero-order valence-corrected chi connectivity index (χ0v) is 13.5. The highest BCUT2D eigenvalue weighted by Crippen LogP contribution is 2.34. The van der Waals surface area contributed by atoms with Gasteiger partial charge in [-0.15, -0.1) is 0 Å². The van der Waals surface area contributed by atoms with Crippen molar-refractivity contribution in [3.05, 3.63) is 29.8 Å². The summed E-state index contributed by atoms with van der Waals surface area (Å²) in [5, 5.41) is 3.16. The Labute approximate surface area is 122 Å². The van der Waals surface area contributed by atoms with Crippen LogP contribution in [0, 0.1) is 11.3 Å². The molecular weight excluding hydrogens is 250 g/mol. The van der Waals surface area contributed by atoms with Crippen LogP contribution in [0.25, 0.3) is 0 Å². The van der Waals surface area contributed by atoms with Crippen LogP contribution in [0.5, 0.6) is 5.75 Å². The predicted octanol–water partition coefficient (Wildman–Crippen LogP) is 3.94. The lowest BCUT2D eigenvalue weighted by Crippen LogP contribution is -2.37. The van der Waals surface area contributed by atoms with Gasteiger partial charge in [-0.25, -0.2) is 0 Å². The molecule has 112 valence electrons. The smallest absolute Gasteiger partial charge is 0.220 e. The Kier molecular flexibility index (Phi) is 5.61. The van der Waals surface area contributed by atoms with Crippen molar-refractivity contribution in [1.82, 2.24) is 5.32 Å². The first-order valence-electron chi connectivity index (χ1n) is 7.17. The lowest BCUT2D eigenvalue weighted by atomic mass is 9.82. The van der Waals surface area contributed by atoms with Crippen LogP contribution in [-0.4, -0.2) is 13.0 Å². The van der Waals surface area contributed by atoms with E-state index in [1.807, 2.05) is 24.3 Å². The minimum atomic E-state index is -0.0565. The van der Waals surface area contributed by atoms with Gasteiger partial charge in [0.15, 0.2) is 0 Å². The molecular formula is C17H27NO2. The number of carbonyl (C=O) groups excluding carboxylic acids is 1. The molecule has 1 aromatic rings. The van der Waals surface area contributed by atoms with E-state index in [1.54, 1.807) is 7.11 Å². The van der Waals surface area contributed by atoms with Crippen LogP contribution in [0.2, 0.25) is 0 Å². The molecule has 1 N–H and O–H groups in total. The number of ether oxygens (including phenoxy) is 1. The van der Waals surface area contributed by atoms with Crippen molar-refractivity contribution >= 4 is 5.91 Å². The van der Waals surface area contributed by atoms with Crippen LogP contribution < -0.4 is 10.1 Å². The summed E-state index contributed by atoms with van der Waals surface area (Å²) in [4.78, 5) is 12.1. The normalized spacial score (nSPS) is 13.2. The second kappa shape index (κ2) is 6.78. The maximum atomic E-state index is 12.1. The summed E-state index contributed by atoms with van der Waals surface area (Å²) in [5.41, 5.74) is 1.02. The van der Waals surface area contributed by atoms with E-state index in [4.69, 9.17) is 4.74 Å². The van der Waals surface area contributed by atoms with Crippen LogP contribution >= 0.6 is 0 Å². The fourth-order valence-corrected chi connectivity index (χ4v) is 2.21. The molecule has 0 spiro atoms. The molecule has 0 radical (unpaired) electrons. The van der Waals surface area contributed by atoms with Crippen molar-refractivity contribution < 1.29 is 9.53 Å². The Morgan fingerprint density at radius 1 is 1.30 bits per heavy atom. The Morgan fingerprint density at radius 3 is 2.45 bits per heavy atom. The van der Waals surface area contributed by atoms with E-state index in [1.165, 1.54) is 0 Å². The van der Waals surface area contributed by atoms with Crippen molar-refractivity contribution in [3.8, 4) is 5.75 Å². The third-order valence-corrected chi connectivity index (χ3v) is 3.19. The second-order valence-electron chi connectivity index (χ2n) is 6.74. The van der Waals surface area contributed by atoms with Crippen LogP contribution in [-0.2, 0) is 4.79 Å². The number of nitrogens with one attached hydrogen (secondary N) is 1. The van der Waals surface area contributed by atoms with Crippen LogP contribution in [0.3, 0.4) is 0 Å². The lowest BCUT2D eigenvalue weighted by Gasteiger charge is -2.32. The fraction of sp³-hybridized carbons (Fsp3) is 0.588. The summed E-state index contributed by atoms with van der Waals surface area (Å²) in [5.74, 6) is 1.28. The van der Waals surface area contributed by atoms with Crippen molar-refractivity contribution in [2.24, 2.45) is 11.3 Å². The number of amides is 1. The average Bonchev–Trinajstić information content (AvgIpc) is 2.34. The fourth-order valence-electron chi connectivity index (χ4n) is 2.21. The summed E-state index contributed by atoms with van der Waals surface area (Å²) >= 11 is 0. The molecule has 0 unspecified atom stereocenters. The summed E-state index contributed by atoms with van der Waals surface area (Å²) in [7, 11) is 1.66. The average molecular weight is 277 g/mol. The maximum Gasteiger partial charge on any atom is 0.220 e. The summed E-state index contributed by atoms with van der Waals surface area (Å²) in [6.07, 6.45) is 0.552. The molecule has 0 bridgehead atoms. The van der Waals surface area contributed by atoms with Gasteiger partial charge in [0, 0.05) is 6.42 Å². The van der Waals surface area contributed by atoms with E-state index in [0.717, 1.165) is 11.3 Å². The minimum Gasteiger partial charge on any atom is -0.497 e. The zero-order valence-electron chi connectivity index (χ0n) is 13.5.